The zero-order valence-corrected chi connectivity index (χ0v) is 9.23. The second-order valence-corrected chi connectivity index (χ2v) is 4.09. The van der Waals surface area contributed by atoms with Crippen molar-refractivity contribution in [2.75, 3.05) is 11.8 Å². The van der Waals surface area contributed by atoms with E-state index in [0.717, 1.165) is 0 Å². The Hall–Kier alpha value is 0.270. The Morgan fingerprint density at radius 2 is 2.00 bits per heavy atom. The lowest BCUT2D eigenvalue weighted by molar-refractivity contribution is 0.237. The third kappa shape index (κ3) is 8.60. The van der Waals surface area contributed by atoms with Crippen LogP contribution in [0.2, 0.25) is 0 Å². The van der Waals surface area contributed by atoms with Gasteiger partial charge in [-0.1, -0.05) is 0 Å². The average molecular weight is 249 g/mol. The van der Waals surface area contributed by atoms with Gasteiger partial charge in [0, 0.05) is 18.2 Å². The van der Waals surface area contributed by atoms with Gasteiger partial charge in [0.15, 0.2) is 0 Å². The summed E-state index contributed by atoms with van der Waals surface area (Å²) in [5.74, 6) is 0.800. The summed E-state index contributed by atoms with van der Waals surface area (Å²) >= 11 is 10.8. The maximum atomic E-state index is 10.4. The van der Waals surface area contributed by atoms with Crippen LogP contribution in [0.3, 0.4) is 0 Å². The lowest BCUT2D eigenvalue weighted by Crippen LogP contribution is -1.92. The third-order valence-corrected chi connectivity index (χ3v) is 1.94. The second kappa shape index (κ2) is 6.68. The van der Waals surface area contributed by atoms with Crippen molar-refractivity contribution in [2.24, 2.45) is 0 Å². The zero-order valence-electron chi connectivity index (χ0n) is 6.82. The maximum Gasteiger partial charge on any atom is 0.524 e. The quantitative estimate of drug-likeness (QED) is 0.430. The Bertz CT molecular complexity index is 213. The largest absolute Gasteiger partial charge is 0.524 e. The molecule has 0 aliphatic rings. The Morgan fingerprint density at radius 1 is 1.38 bits per heavy atom. The van der Waals surface area contributed by atoms with Gasteiger partial charge in [-0.2, -0.15) is 0 Å². The molecular formula is C6H11Cl2O4P. The van der Waals surface area contributed by atoms with Gasteiger partial charge in [-0.3, -0.25) is 9.79 Å². The molecule has 0 amide bonds. The van der Waals surface area contributed by atoms with Crippen LogP contribution in [0.1, 0.15) is 12.8 Å². The number of phosphoric ester groups is 1. The predicted octanol–water partition coefficient (Wildman–Crippen LogP) is 2.24. The molecule has 0 aliphatic carbocycles. The molecule has 0 aromatic rings. The molecule has 13 heavy (non-hydrogen) atoms. The van der Waals surface area contributed by atoms with Crippen LogP contribution in [-0.4, -0.2) is 21.5 Å². The Labute approximate surface area is 86.7 Å². The van der Waals surface area contributed by atoms with Gasteiger partial charge in [0.05, 0.1) is 0 Å². The Balaban J connectivity index is 4.17. The van der Waals surface area contributed by atoms with Crippen LogP contribution < -0.4 is 0 Å². The molecule has 0 aromatic heterocycles. The van der Waals surface area contributed by atoms with E-state index in [9.17, 15) is 4.57 Å². The smallest absolute Gasteiger partial charge is 0.409 e. The highest BCUT2D eigenvalue weighted by Crippen LogP contribution is 2.39. The number of alkyl halides is 2. The van der Waals surface area contributed by atoms with Crippen molar-refractivity contribution >= 4 is 31.0 Å². The van der Waals surface area contributed by atoms with Crippen LogP contribution in [0.15, 0.2) is 11.8 Å². The minimum Gasteiger partial charge on any atom is -0.409 e. The van der Waals surface area contributed by atoms with Gasteiger partial charge in [0.1, 0.15) is 5.76 Å². The summed E-state index contributed by atoms with van der Waals surface area (Å²) in [6.07, 6.45) is 2.30. The van der Waals surface area contributed by atoms with Gasteiger partial charge in [0.25, 0.3) is 0 Å². The lowest BCUT2D eigenvalue weighted by Gasteiger charge is -2.09. The Kier molecular flexibility index (Phi) is 6.82. The van der Waals surface area contributed by atoms with Gasteiger partial charge in [-0.15, -0.1) is 23.2 Å². The van der Waals surface area contributed by atoms with Crippen LogP contribution in [0.4, 0.5) is 0 Å². The normalized spacial score (nSPS) is 13.1. The van der Waals surface area contributed by atoms with Gasteiger partial charge in [-0.25, -0.2) is 4.57 Å². The summed E-state index contributed by atoms with van der Waals surface area (Å²) in [4.78, 5) is 17.0. The molecule has 2 N–H and O–H groups in total. The molecule has 4 nitrogen and oxygen atoms in total. The monoisotopic (exact) mass is 248 g/mol. The molecule has 0 atom stereocenters. The first-order valence-corrected chi connectivity index (χ1v) is 6.15. The Morgan fingerprint density at radius 3 is 2.38 bits per heavy atom. The lowest BCUT2D eigenvalue weighted by atomic mass is 10.3. The highest BCUT2D eigenvalue weighted by Gasteiger charge is 2.16. The average Bonchev–Trinajstić information content (AvgIpc) is 1.98. The molecule has 0 fully saturated rings. The highest BCUT2D eigenvalue weighted by molar-refractivity contribution is 7.46. The second-order valence-electron chi connectivity index (χ2n) is 2.17. The molecule has 0 saturated carbocycles. The molecule has 0 bridgehead atoms. The fourth-order valence-electron chi connectivity index (χ4n) is 0.646. The van der Waals surface area contributed by atoms with E-state index < -0.39 is 7.82 Å². The van der Waals surface area contributed by atoms with Crippen molar-refractivity contribution in [1.82, 2.24) is 0 Å². The van der Waals surface area contributed by atoms with E-state index in [4.69, 9.17) is 33.0 Å². The van der Waals surface area contributed by atoms with Crippen molar-refractivity contribution in [1.29, 1.82) is 0 Å². The van der Waals surface area contributed by atoms with E-state index in [0.29, 0.717) is 12.3 Å². The summed E-state index contributed by atoms with van der Waals surface area (Å²) < 4.78 is 14.8. The van der Waals surface area contributed by atoms with Crippen LogP contribution in [0, 0.1) is 0 Å². The zero-order chi connectivity index (χ0) is 10.3. The molecule has 0 aromatic carbocycles. The van der Waals surface area contributed by atoms with Crippen molar-refractivity contribution in [2.45, 2.75) is 12.8 Å². The summed E-state index contributed by atoms with van der Waals surface area (Å²) in [5.41, 5.74) is 0. The highest BCUT2D eigenvalue weighted by atomic mass is 35.5. The van der Waals surface area contributed by atoms with Crippen molar-refractivity contribution < 1.29 is 18.9 Å². The first-order valence-electron chi connectivity index (χ1n) is 3.55. The SMILES string of the molecule is O=P(O)(O)OC(=CCCCl)CCCl. The van der Waals surface area contributed by atoms with Crippen LogP contribution in [0.25, 0.3) is 0 Å². The molecule has 0 heterocycles. The summed E-state index contributed by atoms with van der Waals surface area (Å²) in [5, 5.41) is 0. The summed E-state index contributed by atoms with van der Waals surface area (Å²) in [7, 11) is -4.46. The number of allylic oxidation sites excluding steroid dienone is 2. The van der Waals surface area contributed by atoms with Gasteiger partial charge in [0.2, 0.25) is 0 Å². The topological polar surface area (TPSA) is 66.8 Å². The van der Waals surface area contributed by atoms with E-state index in [2.05, 4.69) is 4.52 Å². The number of hydrogen-bond donors (Lipinski definition) is 2. The molecular weight excluding hydrogens is 238 g/mol. The first-order chi connectivity index (χ1) is 5.99. The van der Waals surface area contributed by atoms with Crippen LogP contribution >= 0.6 is 31.0 Å². The molecule has 0 rings (SSSR count). The van der Waals surface area contributed by atoms with E-state index in [1.807, 2.05) is 0 Å². The predicted molar refractivity (Wildman–Crippen MR) is 51.9 cm³/mol. The number of phosphoric acid groups is 1. The standard InChI is InChI=1S/C6H11Cl2O4P/c7-4-1-2-6(3-5-8)12-13(9,10)11/h2H,1,3-5H2,(H2,9,10,11). The molecule has 0 saturated heterocycles. The minimum absolute atomic E-state index is 0.184. The first kappa shape index (κ1) is 13.3. The molecule has 0 unspecified atom stereocenters. The van der Waals surface area contributed by atoms with E-state index in [-0.39, 0.29) is 18.1 Å². The van der Waals surface area contributed by atoms with Crippen LogP contribution in [-0.2, 0) is 9.09 Å². The van der Waals surface area contributed by atoms with Crippen LogP contribution in [0.5, 0.6) is 0 Å². The number of rotatable bonds is 6. The molecule has 78 valence electrons. The molecule has 7 heteroatoms. The maximum absolute atomic E-state index is 10.4. The van der Waals surface area contributed by atoms with E-state index in [1.54, 1.807) is 0 Å². The molecule has 0 radical (unpaired) electrons. The number of hydrogen-bond acceptors (Lipinski definition) is 2. The minimum atomic E-state index is -4.46. The summed E-state index contributed by atoms with van der Waals surface area (Å²) in [6.45, 7) is 0. The van der Waals surface area contributed by atoms with E-state index in [1.165, 1.54) is 6.08 Å². The van der Waals surface area contributed by atoms with Crippen molar-refractivity contribution in [3.63, 3.8) is 0 Å². The van der Waals surface area contributed by atoms with Gasteiger partial charge < -0.3 is 4.52 Å². The fraction of sp³-hybridized carbons (Fsp3) is 0.667. The summed E-state index contributed by atoms with van der Waals surface area (Å²) in [6, 6.07) is 0. The van der Waals surface area contributed by atoms with Crippen molar-refractivity contribution in [3.05, 3.63) is 11.8 Å². The number of halogens is 2. The fourth-order valence-corrected chi connectivity index (χ4v) is 1.41. The molecule has 0 aliphatic heterocycles. The van der Waals surface area contributed by atoms with Crippen molar-refractivity contribution in [3.8, 4) is 0 Å². The van der Waals surface area contributed by atoms with Gasteiger partial charge in [-0.05, 0) is 12.5 Å². The molecule has 0 spiro atoms. The van der Waals surface area contributed by atoms with E-state index >= 15 is 0 Å². The third-order valence-electron chi connectivity index (χ3n) is 1.06. The van der Waals surface area contributed by atoms with Gasteiger partial charge >= 0.3 is 7.82 Å².